The fraction of sp³-hybridized carbons (Fsp3) is 0.750. The standard InChI is InChI=1S/C16H27N5O3/c1-12-9-15(20(2)19-12)18-16(22)17-10-14(13-3-6-24-11-13)21-4-7-23-8-5-21/h9,13-14H,3-8,10-11H2,1-2H3,(H2,17,18,22)/t13-,14-/m1/s1. The lowest BCUT2D eigenvalue weighted by molar-refractivity contribution is 0.00221. The molecule has 2 saturated heterocycles. The number of aryl methyl sites for hydroxylation is 2. The van der Waals surface area contributed by atoms with E-state index < -0.39 is 0 Å². The molecule has 2 fully saturated rings. The van der Waals surface area contributed by atoms with E-state index in [1.165, 1.54) is 0 Å². The average molecular weight is 337 g/mol. The molecule has 1 aromatic heterocycles. The second-order valence-electron chi connectivity index (χ2n) is 6.47. The van der Waals surface area contributed by atoms with Crippen LogP contribution in [0.15, 0.2) is 6.07 Å². The molecule has 0 radical (unpaired) electrons. The van der Waals surface area contributed by atoms with E-state index in [0.29, 0.717) is 18.3 Å². The van der Waals surface area contributed by atoms with E-state index in [4.69, 9.17) is 9.47 Å². The summed E-state index contributed by atoms with van der Waals surface area (Å²) in [6, 6.07) is 1.94. The maximum atomic E-state index is 12.2. The second kappa shape index (κ2) is 7.96. The van der Waals surface area contributed by atoms with Crippen molar-refractivity contribution in [1.82, 2.24) is 20.0 Å². The predicted octanol–water partition coefficient (Wildman–Crippen LogP) is 0.587. The molecular formula is C16H27N5O3. The van der Waals surface area contributed by atoms with Gasteiger partial charge in [0.1, 0.15) is 5.82 Å². The van der Waals surface area contributed by atoms with Crippen LogP contribution in [0, 0.1) is 12.8 Å². The highest BCUT2D eigenvalue weighted by atomic mass is 16.5. The Labute approximate surface area is 142 Å². The zero-order valence-corrected chi connectivity index (χ0v) is 14.5. The normalized spacial score (nSPS) is 23.2. The number of amides is 2. The van der Waals surface area contributed by atoms with Crippen molar-refractivity contribution in [2.24, 2.45) is 13.0 Å². The molecule has 2 atom stereocenters. The number of aromatic nitrogens is 2. The average Bonchev–Trinajstić information content (AvgIpc) is 3.19. The number of carbonyl (C=O) groups excluding carboxylic acids is 1. The van der Waals surface area contributed by atoms with E-state index in [9.17, 15) is 4.79 Å². The first-order chi connectivity index (χ1) is 11.6. The van der Waals surface area contributed by atoms with Gasteiger partial charge in [-0.25, -0.2) is 4.79 Å². The molecule has 0 unspecified atom stereocenters. The summed E-state index contributed by atoms with van der Waals surface area (Å²) >= 11 is 0. The quantitative estimate of drug-likeness (QED) is 0.822. The molecule has 2 aliphatic rings. The summed E-state index contributed by atoms with van der Waals surface area (Å²) in [5, 5.41) is 10.1. The number of hydrogen-bond acceptors (Lipinski definition) is 5. The van der Waals surface area contributed by atoms with E-state index in [-0.39, 0.29) is 12.1 Å². The van der Waals surface area contributed by atoms with Crippen LogP contribution < -0.4 is 10.6 Å². The van der Waals surface area contributed by atoms with Gasteiger partial charge in [-0.05, 0) is 13.3 Å². The second-order valence-corrected chi connectivity index (χ2v) is 6.47. The number of morpholine rings is 1. The zero-order valence-electron chi connectivity index (χ0n) is 14.5. The molecule has 8 nitrogen and oxygen atoms in total. The molecule has 3 rings (SSSR count). The van der Waals surface area contributed by atoms with Crippen LogP contribution in [0.1, 0.15) is 12.1 Å². The van der Waals surface area contributed by atoms with Gasteiger partial charge >= 0.3 is 6.03 Å². The van der Waals surface area contributed by atoms with Gasteiger partial charge in [-0.3, -0.25) is 14.9 Å². The third-order valence-corrected chi connectivity index (χ3v) is 4.74. The molecule has 24 heavy (non-hydrogen) atoms. The topological polar surface area (TPSA) is 80.6 Å². The van der Waals surface area contributed by atoms with Crippen LogP contribution in [-0.4, -0.2) is 72.8 Å². The third-order valence-electron chi connectivity index (χ3n) is 4.74. The molecule has 0 aliphatic carbocycles. The fourth-order valence-corrected chi connectivity index (χ4v) is 3.44. The SMILES string of the molecule is Cc1cc(NC(=O)NC[C@H]([C@@H]2CCOC2)N2CCOCC2)n(C)n1. The van der Waals surface area contributed by atoms with E-state index in [1.54, 1.807) is 4.68 Å². The van der Waals surface area contributed by atoms with Gasteiger partial charge in [0, 0.05) is 51.3 Å². The largest absolute Gasteiger partial charge is 0.381 e. The van der Waals surface area contributed by atoms with Gasteiger partial charge < -0.3 is 14.8 Å². The van der Waals surface area contributed by atoms with Crippen LogP contribution in [0.5, 0.6) is 0 Å². The van der Waals surface area contributed by atoms with Gasteiger partial charge in [-0.15, -0.1) is 0 Å². The van der Waals surface area contributed by atoms with Crippen molar-refractivity contribution in [3.8, 4) is 0 Å². The van der Waals surface area contributed by atoms with Crippen LogP contribution in [-0.2, 0) is 16.5 Å². The lowest BCUT2D eigenvalue weighted by atomic mass is 9.97. The molecule has 2 aliphatic heterocycles. The molecule has 0 saturated carbocycles. The Morgan fingerprint density at radius 2 is 2.17 bits per heavy atom. The van der Waals surface area contributed by atoms with Crippen LogP contribution in [0.3, 0.4) is 0 Å². The van der Waals surface area contributed by atoms with Crippen molar-refractivity contribution in [2.75, 3.05) is 51.4 Å². The Hall–Kier alpha value is -1.64. The number of ether oxygens (including phenoxy) is 2. The van der Waals surface area contributed by atoms with Crippen molar-refractivity contribution in [3.63, 3.8) is 0 Å². The van der Waals surface area contributed by atoms with Gasteiger partial charge in [0.05, 0.1) is 25.5 Å². The Balaban J connectivity index is 1.55. The molecule has 2 N–H and O–H groups in total. The Morgan fingerprint density at radius 3 is 2.79 bits per heavy atom. The fourth-order valence-electron chi connectivity index (χ4n) is 3.44. The summed E-state index contributed by atoms with van der Waals surface area (Å²) in [6.45, 7) is 7.42. The first-order valence-corrected chi connectivity index (χ1v) is 8.58. The van der Waals surface area contributed by atoms with E-state index in [0.717, 1.165) is 51.6 Å². The van der Waals surface area contributed by atoms with Crippen molar-refractivity contribution in [3.05, 3.63) is 11.8 Å². The summed E-state index contributed by atoms with van der Waals surface area (Å²) in [7, 11) is 1.81. The van der Waals surface area contributed by atoms with Gasteiger partial charge in [0.25, 0.3) is 0 Å². The molecule has 2 amide bonds. The Kier molecular flexibility index (Phi) is 5.70. The maximum Gasteiger partial charge on any atom is 0.320 e. The first-order valence-electron chi connectivity index (χ1n) is 8.58. The Bertz CT molecular complexity index is 550. The van der Waals surface area contributed by atoms with Gasteiger partial charge in [0.15, 0.2) is 0 Å². The highest BCUT2D eigenvalue weighted by Crippen LogP contribution is 2.22. The van der Waals surface area contributed by atoms with E-state index in [2.05, 4.69) is 20.6 Å². The molecule has 3 heterocycles. The predicted molar refractivity (Wildman–Crippen MR) is 90.1 cm³/mol. The van der Waals surface area contributed by atoms with Crippen LogP contribution in [0.4, 0.5) is 10.6 Å². The highest BCUT2D eigenvalue weighted by molar-refractivity contribution is 5.88. The smallest absolute Gasteiger partial charge is 0.320 e. The van der Waals surface area contributed by atoms with Crippen LogP contribution in [0.25, 0.3) is 0 Å². The summed E-state index contributed by atoms with van der Waals surface area (Å²) in [6.07, 6.45) is 1.05. The summed E-state index contributed by atoms with van der Waals surface area (Å²) < 4.78 is 12.7. The summed E-state index contributed by atoms with van der Waals surface area (Å²) in [5.74, 6) is 1.15. The zero-order chi connectivity index (χ0) is 16.9. The van der Waals surface area contributed by atoms with Crippen molar-refractivity contribution in [1.29, 1.82) is 0 Å². The lowest BCUT2D eigenvalue weighted by Crippen LogP contribution is -2.52. The minimum absolute atomic E-state index is 0.199. The molecule has 0 spiro atoms. The highest BCUT2D eigenvalue weighted by Gasteiger charge is 2.31. The number of carbonyl (C=O) groups is 1. The first kappa shape index (κ1) is 17.2. The number of anilines is 1. The van der Waals surface area contributed by atoms with Crippen molar-refractivity contribution in [2.45, 2.75) is 19.4 Å². The van der Waals surface area contributed by atoms with Crippen LogP contribution >= 0.6 is 0 Å². The minimum Gasteiger partial charge on any atom is -0.381 e. The molecule has 8 heteroatoms. The minimum atomic E-state index is -0.199. The van der Waals surface area contributed by atoms with Gasteiger partial charge in [-0.2, -0.15) is 5.10 Å². The summed E-state index contributed by atoms with van der Waals surface area (Å²) in [4.78, 5) is 14.7. The maximum absolute atomic E-state index is 12.2. The summed E-state index contributed by atoms with van der Waals surface area (Å²) in [5.41, 5.74) is 0.877. The lowest BCUT2D eigenvalue weighted by Gasteiger charge is -2.37. The molecular weight excluding hydrogens is 310 g/mol. The van der Waals surface area contributed by atoms with E-state index in [1.807, 2.05) is 20.0 Å². The van der Waals surface area contributed by atoms with E-state index >= 15 is 0 Å². The number of rotatable bonds is 5. The molecule has 1 aromatic rings. The monoisotopic (exact) mass is 337 g/mol. The van der Waals surface area contributed by atoms with Gasteiger partial charge in [0.2, 0.25) is 0 Å². The van der Waals surface area contributed by atoms with Crippen LogP contribution in [0.2, 0.25) is 0 Å². The Morgan fingerprint density at radius 1 is 1.38 bits per heavy atom. The number of nitrogens with one attached hydrogen (secondary N) is 2. The molecule has 0 aromatic carbocycles. The third kappa shape index (κ3) is 4.25. The number of urea groups is 1. The molecule has 0 bridgehead atoms. The number of nitrogens with zero attached hydrogens (tertiary/aromatic N) is 3. The number of hydrogen-bond donors (Lipinski definition) is 2. The molecule has 134 valence electrons. The van der Waals surface area contributed by atoms with Gasteiger partial charge in [-0.1, -0.05) is 0 Å². The van der Waals surface area contributed by atoms with Crippen molar-refractivity contribution >= 4 is 11.8 Å². The van der Waals surface area contributed by atoms with Crippen molar-refractivity contribution < 1.29 is 14.3 Å².